The number of nitrogens with two attached hydrogens (primary N) is 2. The van der Waals surface area contributed by atoms with Gasteiger partial charge in [-0.25, -0.2) is 4.79 Å². The van der Waals surface area contributed by atoms with E-state index < -0.39 is 35.6 Å². The van der Waals surface area contributed by atoms with Gasteiger partial charge in [-0.15, -0.1) is 0 Å². The molecule has 0 aliphatic carbocycles. The Balaban J connectivity index is 2.40. The van der Waals surface area contributed by atoms with E-state index in [1.54, 1.807) is 0 Å². The molecule has 3 unspecified atom stereocenters. The molecule has 0 radical (unpaired) electrons. The molecule has 7 nitrogen and oxygen atoms in total. The number of piperazine rings is 1. The highest BCUT2D eigenvalue weighted by atomic mass is 19.4. The van der Waals surface area contributed by atoms with Crippen molar-refractivity contribution in [3.8, 4) is 0 Å². The number of amides is 3. The first-order chi connectivity index (χ1) is 9.60. The third-order valence-corrected chi connectivity index (χ3v) is 4.21. The summed E-state index contributed by atoms with van der Waals surface area (Å²) in [6.45, 7) is 1.25. The monoisotopic (exact) mass is 307 g/mol. The molecule has 0 aromatic carbocycles. The first-order valence-corrected chi connectivity index (χ1v) is 6.32. The van der Waals surface area contributed by atoms with Gasteiger partial charge in [0, 0.05) is 19.6 Å². The Hall–Kier alpha value is -2.00. The smallest absolute Gasteiger partial charge is 0.367 e. The minimum absolute atomic E-state index is 0.126. The fourth-order valence-corrected chi connectivity index (χ4v) is 2.87. The van der Waals surface area contributed by atoms with Gasteiger partial charge in [-0.1, -0.05) is 6.92 Å². The molecule has 1 saturated heterocycles. The number of aliphatic imine (C=N–C) groups is 1. The van der Waals surface area contributed by atoms with Gasteiger partial charge in [-0.2, -0.15) is 13.2 Å². The maximum atomic E-state index is 13.1. The van der Waals surface area contributed by atoms with Gasteiger partial charge in [0.2, 0.25) is 5.91 Å². The number of carbonyl (C=O) groups is 2. The average Bonchev–Trinajstić information content (AvgIpc) is 2.76. The van der Waals surface area contributed by atoms with E-state index in [2.05, 4.69) is 4.99 Å². The molecule has 0 saturated carbocycles. The molecule has 0 bridgehead atoms. The van der Waals surface area contributed by atoms with E-state index in [0.29, 0.717) is 0 Å². The van der Waals surface area contributed by atoms with Crippen molar-refractivity contribution < 1.29 is 22.8 Å². The molecular formula is C11H16F3N5O2. The van der Waals surface area contributed by atoms with Gasteiger partial charge >= 0.3 is 12.2 Å². The summed E-state index contributed by atoms with van der Waals surface area (Å²) in [5.74, 6) is -3.23. The molecule has 2 aliphatic heterocycles. The van der Waals surface area contributed by atoms with E-state index in [1.165, 1.54) is 16.1 Å². The summed E-state index contributed by atoms with van der Waals surface area (Å²) in [5.41, 5.74) is 8.26. The van der Waals surface area contributed by atoms with Crippen LogP contribution in [-0.2, 0) is 4.79 Å². The fraction of sp³-hybridized carbons (Fsp3) is 0.727. The minimum Gasteiger partial charge on any atom is -0.367 e. The second-order valence-corrected chi connectivity index (χ2v) is 5.24. The van der Waals surface area contributed by atoms with E-state index in [4.69, 9.17) is 11.5 Å². The summed E-state index contributed by atoms with van der Waals surface area (Å²) in [4.78, 5) is 29.5. The molecule has 4 N–H and O–H groups in total. The summed E-state index contributed by atoms with van der Waals surface area (Å²) >= 11 is 0. The molecule has 21 heavy (non-hydrogen) atoms. The van der Waals surface area contributed by atoms with Crippen molar-refractivity contribution in [1.29, 1.82) is 0 Å². The molecule has 2 aliphatic rings. The summed E-state index contributed by atoms with van der Waals surface area (Å²) in [6.07, 6.45) is -3.44. The molecule has 118 valence electrons. The molecule has 10 heteroatoms. The molecule has 0 spiro atoms. The zero-order valence-corrected chi connectivity index (χ0v) is 11.3. The number of carbonyl (C=O) groups excluding carboxylic acids is 2. The highest BCUT2D eigenvalue weighted by Gasteiger charge is 2.62. The number of hydrogen-bond acceptors (Lipinski definition) is 4. The van der Waals surface area contributed by atoms with Crippen molar-refractivity contribution in [3.05, 3.63) is 0 Å². The van der Waals surface area contributed by atoms with Gasteiger partial charge in [0.05, 0.1) is 18.3 Å². The van der Waals surface area contributed by atoms with Crippen LogP contribution in [0.25, 0.3) is 0 Å². The van der Waals surface area contributed by atoms with Crippen LogP contribution < -0.4 is 11.5 Å². The Morgan fingerprint density at radius 2 is 2.00 bits per heavy atom. The number of nitrogens with zero attached hydrogens (tertiary/aromatic N) is 3. The van der Waals surface area contributed by atoms with Gasteiger partial charge in [-0.05, 0) is 0 Å². The van der Waals surface area contributed by atoms with E-state index in [9.17, 15) is 22.8 Å². The van der Waals surface area contributed by atoms with Crippen LogP contribution in [0.3, 0.4) is 0 Å². The number of rotatable bonds is 2. The molecule has 3 amide bonds. The lowest BCUT2D eigenvalue weighted by Gasteiger charge is -2.44. The molecular weight excluding hydrogens is 291 g/mol. The van der Waals surface area contributed by atoms with Crippen molar-refractivity contribution in [2.24, 2.45) is 22.4 Å². The van der Waals surface area contributed by atoms with E-state index in [-0.39, 0.29) is 19.6 Å². The Morgan fingerprint density at radius 3 is 2.48 bits per heavy atom. The van der Waals surface area contributed by atoms with Crippen LogP contribution in [-0.4, -0.2) is 65.5 Å². The topological polar surface area (TPSA) is 105 Å². The summed E-state index contributed by atoms with van der Waals surface area (Å²) in [7, 11) is 0. The lowest BCUT2D eigenvalue weighted by atomic mass is 9.77. The number of primary amides is 2. The largest absolute Gasteiger partial charge is 0.394 e. The Bertz CT molecular complexity index is 495. The Kier molecular flexibility index (Phi) is 3.50. The highest BCUT2D eigenvalue weighted by Crippen LogP contribution is 2.43. The SMILES string of the molecule is CC(C(F)(F)F)C1(C(N)=O)N=CN2CCN(C(N)=O)CC21. The van der Waals surface area contributed by atoms with Gasteiger partial charge < -0.3 is 21.3 Å². The van der Waals surface area contributed by atoms with Gasteiger partial charge in [0.25, 0.3) is 0 Å². The van der Waals surface area contributed by atoms with Crippen LogP contribution in [0, 0.1) is 5.92 Å². The third-order valence-electron chi connectivity index (χ3n) is 4.21. The molecule has 1 fully saturated rings. The number of halogens is 3. The third kappa shape index (κ3) is 2.28. The standard InChI is InChI=1S/C11H16F3N5O2/c1-6(11(12,13)14)10(8(15)20)7-4-18(9(16)21)2-3-19(7)5-17-10/h5-7H,2-4H2,1H3,(H2,15,20)(H2,16,21). The number of urea groups is 1. The Labute approximate surface area is 118 Å². The van der Waals surface area contributed by atoms with Gasteiger partial charge in [0.15, 0.2) is 5.54 Å². The first-order valence-electron chi connectivity index (χ1n) is 6.32. The van der Waals surface area contributed by atoms with Crippen LogP contribution >= 0.6 is 0 Å². The van der Waals surface area contributed by atoms with E-state index in [0.717, 1.165) is 6.92 Å². The van der Waals surface area contributed by atoms with Crippen molar-refractivity contribution in [1.82, 2.24) is 9.80 Å². The van der Waals surface area contributed by atoms with E-state index in [1.807, 2.05) is 0 Å². The van der Waals surface area contributed by atoms with Crippen LogP contribution in [0.5, 0.6) is 0 Å². The summed E-state index contributed by atoms with van der Waals surface area (Å²) in [6, 6.07) is -1.72. The highest BCUT2D eigenvalue weighted by molar-refractivity contribution is 5.90. The second-order valence-electron chi connectivity index (χ2n) is 5.24. The lowest BCUT2D eigenvalue weighted by molar-refractivity contribution is -0.193. The number of hydrogen-bond donors (Lipinski definition) is 2. The van der Waals surface area contributed by atoms with Crippen molar-refractivity contribution in [2.75, 3.05) is 19.6 Å². The van der Waals surface area contributed by atoms with Crippen molar-refractivity contribution in [2.45, 2.75) is 24.7 Å². The maximum Gasteiger partial charge on any atom is 0.394 e. The molecule has 0 aromatic rings. The number of fused-ring (bicyclic) bond motifs is 1. The molecule has 0 aromatic heterocycles. The predicted octanol–water partition coefficient (Wildman–Crippen LogP) is -0.484. The zero-order chi connectivity index (χ0) is 16.0. The van der Waals surface area contributed by atoms with Crippen molar-refractivity contribution in [3.63, 3.8) is 0 Å². The van der Waals surface area contributed by atoms with Gasteiger partial charge in [-0.3, -0.25) is 9.79 Å². The van der Waals surface area contributed by atoms with Crippen LogP contribution in [0.15, 0.2) is 4.99 Å². The summed E-state index contributed by atoms with van der Waals surface area (Å²) < 4.78 is 39.3. The first kappa shape index (κ1) is 15.4. The summed E-state index contributed by atoms with van der Waals surface area (Å²) in [5, 5.41) is 0. The minimum atomic E-state index is -4.64. The van der Waals surface area contributed by atoms with E-state index >= 15 is 0 Å². The van der Waals surface area contributed by atoms with Crippen LogP contribution in [0.4, 0.5) is 18.0 Å². The predicted molar refractivity (Wildman–Crippen MR) is 67.3 cm³/mol. The second kappa shape index (κ2) is 4.78. The maximum absolute atomic E-state index is 13.1. The fourth-order valence-electron chi connectivity index (χ4n) is 2.87. The Morgan fingerprint density at radius 1 is 1.38 bits per heavy atom. The van der Waals surface area contributed by atoms with Crippen LogP contribution in [0.2, 0.25) is 0 Å². The zero-order valence-electron chi connectivity index (χ0n) is 11.3. The average molecular weight is 307 g/mol. The normalized spacial score (nSPS) is 30.2. The van der Waals surface area contributed by atoms with Crippen molar-refractivity contribution >= 4 is 18.3 Å². The quantitative estimate of drug-likeness (QED) is 0.719. The number of alkyl halides is 3. The molecule has 3 atom stereocenters. The lowest BCUT2D eigenvalue weighted by Crippen LogP contribution is -2.67. The molecule has 2 heterocycles. The van der Waals surface area contributed by atoms with Gasteiger partial charge in [0.1, 0.15) is 0 Å². The van der Waals surface area contributed by atoms with Crippen LogP contribution in [0.1, 0.15) is 6.92 Å². The molecule has 2 rings (SSSR count).